The second kappa shape index (κ2) is 9.12. The van der Waals surface area contributed by atoms with Crippen LogP contribution >= 0.6 is 34.2 Å². The molecule has 0 aliphatic rings. The molecule has 1 amide bonds. The molecule has 1 unspecified atom stereocenters. The normalized spacial score (nSPS) is 12.8. The van der Waals surface area contributed by atoms with Crippen molar-refractivity contribution in [2.75, 3.05) is 11.9 Å². The molecule has 31 heavy (non-hydrogen) atoms. The lowest BCUT2D eigenvalue weighted by molar-refractivity contribution is -0.141. The van der Waals surface area contributed by atoms with E-state index >= 15 is 0 Å². The number of nitrogens with one attached hydrogen (secondary N) is 1. The third-order valence-corrected chi connectivity index (χ3v) is 5.86. The van der Waals surface area contributed by atoms with Crippen molar-refractivity contribution in [2.45, 2.75) is 25.6 Å². The second-order valence-electron chi connectivity index (χ2n) is 6.45. The molecule has 0 aliphatic heterocycles. The zero-order valence-electron chi connectivity index (χ0n) is 15.8. The molecule has 0 saturated heterocycles. The molecule has 2 aromatic heterocycles. The van der Waals surface area contributed by atoms with Crippen LogP contribution in [0.2, 0.25) is 5.02 Å². The molecule has 2 N–H and O–H groups in total. The molecule has 1 atom stereocenters. The van der Waals surface area contributed by atoms with Gasteiger partial charge in [-0.3, -0.25) is 9.48 Å². The molecule has 0 spiro atoms. The third-order valence-electron chi connectivity index (χ3n) is 4.37. The smallest absolute Gasteiger partial charge is 0.396 e. The Hall–Kier alpha value is -2.19. The fourth-order valence-electron chi connectivity index (χ4n) is 2.89. The number of aliphatic hydroxyl groups excluding tert-OH is 1. The monoisotopic (exact) mass is 571 g/mol. The van der Waals surface area contributed by atoms with Gasteiger partial charge in [-0.1, -0.05) is 17.7 Å². The van der Waals surface area contributed by atoms with Gasteiger partial charge in [0.25, 0.3) is 0 Å². The molecule has 13 heteroatoms. The minimum Gasteiger partial charge on any atom is -0.396 e. The Morgan fingerprint density at radius 1 is 1.39 bits per heavy atom. The van der Waals surface area contributed by atoms with E-state index in [0.717, 1.165) is 4.68 Å². The maximum atomic E-state index is 13.5. The first-order valence-electron chi connectivity index (χ1n) is 8.77. The molecule has 3 rings (SSSR count). The molecule has 0 aliphatic carbocycles. The van der Waals surface area contributed by atoms with Crippen molar-refractivity contribution in [1.29, 1.82) is 0 Å². The van der Waals surface area contributed by atoms with Crippen LogP contribution in [0, 0.1) is 16.4 Å². The fraction of sp³-hybridized carbons (Fsp3) is 0.278. The molecule has 0 bridgehead atoms. The van der Waals surface area contributed by atoms with Gasteiger partial charge in [-0.25, -0.2) is 9.07 Å². The van der Waals surface area contributed by atoms with Crippen LogP contribution < -0.4 is 5.32 Å². The first-order valence-corrected chi connectivity index (χ1v) is 10.2. The molecular weight excluding hydrogens is 557 g/mol. The summed E-state index contributed by atoms with van der Waals surface area (Å²) in [6, 6.07) is 4.39. The number of halogens is 6. The van der Waals surface area contributed by atoms with E-state index in [1.807, 2.05) is 22.6 Å². The molecule has 0 radical (unpaired) electrons. The van der Waals surface area contributed by atoms with Crippen molar-refractivity contribution in [2.24, 2.45) is 0 Å². The lowest BCUT2D eigenvalue weighted by atomic mass is 10.2. The van der Waals surface area contributed by atoms with Crippen molar-refractivity contribution in [3.05, 3.63) is 56.4 Å². The summed E-state index contributed by atoms with van der Waals surface area (Å²) >= 11 is 7.67. The van der Waals surface area contributed by atoms with Crippen molar-refractivity contribution < 1.29 is 27.5 Å². The average molecular weight is 572 g/mol. The average Bonchev–Trinajstić information content (AvgIpc) is 3.20. The first kappa shape index (κ1) is 23.5. The number of amides is 1. The van der Waals surface area contributed by atoms with Crippen LogP contribution in [0.5, 0.6) is 0 Å². The molecule has 166 valence electrons. The van der Waals surface area contributed by atoms with Crippen molar-refractivity contribution in [1.82, 2.24) is 19.6 Å². The lowest BCUT2D eigenvalue weighted by Crippen LogP contribution is -2.29. The van der Waals surface area contributed by atoms with Gasteiger partial charge in [0.1, 0.15) is 15.6 Å². The van der Waals surface area contributed by atoms with Crippen LogP contribution in [0.25, 0.3) is 5.69 Å². The number of rotatable bonds is 6. The highest BCUT2D eigenvalue weighted by Gasteiger charge is 2.39. The number of carbonyl (C=O) groups excluding carboxylic acids is 1. The zero-order valence-corrected chi connectivity index (χ0v) is 18.7. The Balaban J connectivity index is 1.91. The van der Waals surface area contributed by atoms with E-state index in [4.69, 9.17) is 11.6 Å². The Labute approximate surface area is 192 Å². The molecular formula is C18H15ClF4IN5O2. The molecule has 0 saturated carbocycles. The number of hydrogen-bond acceptors (Lipinski definition) is 4. The van der Waals surface area contributed by atoms with E-state index in [0.29, 0.717) is 9.39 Å². The predicted molar refractivity (Wildman–Crippen MR) is 113 cm³/mol. The number of nitrogens with zero attached hydrogens (tertiary/aromatic N) is 4. The Bertz CT molecular complexity index is 1120. The predicted octanol–water partition coefficient (Wildman–Crippen LogP) is 4.36. The summed E-state index contributed by atoms with van der Waals surface area (Å²) in [6.45, 7) is 0.823. The van der Waals surface area contributed by atoms with Gasteiger partial charge < -0.3 is 10.4 Å². The maximum Gasteiger partial charge on any atom is 0.436 e. The molecule has 0 fully saturated rings. The summed E-state index contributed by atoms with van der Waals surface area (Å²) < 4.78 is 55.6. The van der Waals surface area contributed by atoms with Crippen LogP contribution in [0.1, 0.15) is 23.9 Å². The summed E-state index contributed by atoms with van der Waals surface area (Å²) in [5.74, 6) is -1.19. The summed E-state index contributed by atoms with van der Waals surface area (Å²) in [5, 5.41) is 18.9. The molecule has 7 nitrogen and oxygen atoms in total. The Morgan fingerprint density at radius 2 is 2.10 bits per heavy atom. The van der Waals surface area contributed by atoms with Crippen LogP contribution in [-0.2, 0) is 11.0 Å². The SMILES string of the molecule is Cc1c(Cl)c(C(F)(F)F)nn1C(CCO)C(=O)Nc1cnn(-c2cccc(F)c2)c1I. The van der Waals surface area contributed by atoms with Gasteiger partial charge >= 0.3 is 6.18 Å². The van der Waals surface area contributed by atoms with Gasteiger partial charge in [0.15, 0.2) is 5.69 Å². The van der Waals surface area contributed by atoms with Crippen molar-refractivity contribution >= 4 is 45.8 Å². The van der Waals surface area contributed by atoms with Crippen molar-refractivity contribution in [3.63, 3.8) is 0 Å². The lowest BCUT2D eigenvalue weighted by Gasteiger charge is -2.18. The van der Waals surface area contributed by atoms with Gasteiger partial charge in [0.2, 0.25) is 5.91 Å². The highest BCUT2D eigenvalue weighted by molar-refractivity contribution is 14.1. The van der Waals surface area contributed by atoms with Crippen LogP contribution in [0.3, 0.4) is 0 Å². The number of anilines is 1. The van der Waals surface area contributed by atoms with Crippen LogP contribution in [0.15, 0.2) is 30.5 Å². The number of aliphatic hydroxyl groups is 1. The largest absolute Gasteiger partial charge is 0.436 e. The Kier molecular flexibility index (Phi) is 6.91. The highest BCUT2D eigenvalue weighted by atomic mass is 127. The van der Waals surface area contributed by atoms with Crippen molar-refractivity contribution in [3.8, 4) is 5.69 Å². The van der Waals surface area contributed by atoms with Gasteiger partial charge in [-0.05, 0) is 47.7 Å². The second-order valence-corrected chi connectivity index (χ2v) is 7.85. The van der Waals surface area contributed by atoms with E-state index in [9.17, 15) is 27.5 Å². The van der Waals surface area contributed by atoms with Crippen LogP contribution in [-0.4, -0.2) is 37.2 Å². The van der Waals surface area contributed by atoms with Crippen LogP contribution in [0.4, 0.5) is 23.2 Å². The number of benzene rings is 1. The van der Waals surface area contributed by atoms with Gasteiger partial charge in [0, 0.05) is 13.0 Å². The first-order chi connectivity index (χ1) is 14.5. The fourth-order valence-corrected chi connectivity index (χ4v) is 3.80. The minimum absolute atomic E-state index is 0.0623. The van der Waals surface area contributed by atoms with E-state index in [-0.39, 0.29) is 17.8 Å². The summed E-state index contributed by atoms with van der Waals surface area (Å²) in [4.78, 5) is 12.9. The van der Waals surface area contributed by atoms with E-state index < -0.39 is 41.3 Å². The number of carbonyl (C=O) groups is 1. The maximum absolute atomic E-state index is 13.5. The molecule has 2 heterocycles. The van der Waals surface area contributed by atoms with E-state index in [1.54, 1.807) is 6.07 Å². The molecule has 3 aromatic rings. The summed E-state index contributed by atoms with van der Waals surface area (Å²) in [5.41, 5.74) is -0.699. The third kappa shape index (κ3) is 4.85. The van der Waals surface area contributed by atoms with E-state index in [1.165, 1.54) is 36.0 Å². The Morgan fingerprint density at radius 3 is 2.68 bits per heavy atom. The topological polar surface area (TPSA) is 85.0 Å². The summed E-state index contributed by atoms with van der Waals surface area (Å²) in [6.07, 6.45) is -3.67. The summed E-state index contributed by atoms with van der Waals surface area (Å²) in [7, 11) is 0. The van der Waals surface area contributed by atoms with Gasteiger partial charge in [-0.2, -0.15) is 23.4 Å². The number of alkyl halides is 3. The highest BCUT2D eigenvalue weighted by Crippen LogP contribution is 2.36. The standard InChI is InChI=1S/C18H15ClF4IN5O2/c1-9-14(19)15(18(21,22)23)27-28(9)13(5-6-30)17(31)26-12-8-25-29(16(12)24)11-4-2-3-10(20)7-11/h2-4,7-8,13,30H,5-6H2,1H3,(H,26,31). The molecule has 1 aromatic carbocycles. The van der Waals surface area contributed by atoms with Gasteiger partial charge in [0.05, 0.1) is 28.3 Å². The zero-order chi connectivity index (χ0) is 22.9. The quantitative estimate of drug-likeness (QED) is 0.340. The van der Waals surface area contributed by atoms with Gasteiger partial charge in [-0.15, -0.1) is 0 Å². The van der Waals surface area contributed by atoms with E-state index in [2.05, 4.69) is 15.5 Å². The minimum atomic E-state index is -4.80. The number of hydrogen-bond donors (Lipinski definition) is 2. The number of aromatic nitrogens is 4.